The summed E-state index contributed by atoms with van der Waals surface area (Å²) in [5.41, 5.74) is 2.72. The molecule has 0 saturated carbocycles. The highest BCUT2D eigenvalue weighted by Gasteiger charge is 2.28. The van der Waals surface area contributed by atoms with E-state index >= 15 is 0 Å². The lowest BCUT2D eigenvalue weighted by molar-refractivity contribution is -0.117. The monoisotopic (exact) mass is 380 g/mol. The van der Waals surface area contributed by atoms with E-state index in [0.717, 1.165) is 29.2 Å². The Morgan fingerprint density at radius 3 is 2.71 bits per heavy atom. The van der Waals surface area contributed by atoms with Crippen molar-refractivity contribution >= 4 is 17.4 Å². The minimum Gasteiger partial charge on any atom is -0.346 e. The molecule has 0 radical (unpaired) electrons. The Kier molecular flexibility index (Phi) is 4.77. The first-order chi connectivity index (χ1) is 13.5. The molecule has 0 bridgehead atoms. The van der Waals surface area contributed by atoms with Crippen molar-refractivity contribution in [3.63, 3.8) is 0 Å². The van der Waals surface area contributed by atoms with Crippen molar-refractivity contribution in [2.24, 2.45) is 0 Å². The van der Waals surface area contributed by atoms with Crippen molar-refractivity contribution in [1.29, 1.82) is 0 Å². The highest BCUT2D eigenvalue weighted by Crippen LogP contribution is 2.28. The molecule has 1 amide bonds. The molecule has 1 aliphatic rings. The van der Waals surface area contributed by atoms with Gasteiger partial charge in [0.1, 0.15) is 23.4 Å². The second-order valence-electron chi connectivity index (χ2n) is 6.97. The number of nitrogens with one attached hydrogen (secondary N) is 1. The number of halogens is 1. The number of benzene rings is 1. The largest absolute Gasteiger partial charge is 0.346 e. The van der Waals surface area contributed by atoms with E-state index in [4.69, 9.17) is 0 Å². The maximum absolute atomic E-state index is 13.0. The van der Waals surface area contributed by atoms with Crippen LogP contribution >= 0.6 is 0 Å². The van der Waals surface area contributed by atoms with Crippen molar-refractivity contribution in [2.75, 3.05) is 17.3 Å². The summed E-state index contributed by atoms with van der Waals surface area (Å²) < 4.78 is 14.8. The molecule has 1 N–H and O–H groups in total. The number of nitrogens with zero attached hydrogens (tertiary/aromatic N) is 5. The Morgan fingerprint density at radius 1 is 1.14 bits per heavy atom. The molecule has 144 valence electrons. The lowest BCUT2D eigenvalue weighted by Crippen LogP contribution is -2.44. The molecule has 0 fully saturated rings. The lowest BCUT2D eigenvalue weighted by atomic mass is 10.2. The van der Waals surface area contributed by atoms with Crippen LogP contribution < -0.4 is 10.2 Å². The van der Waals surface area contributed by atoms with Crippen molar-refractivity contribution in [1.82, 2.24) is 19.7 Å². The van der Waals surface area contributed by atoms with E-state index < -0.39 is 0 Å². The molecule has 0 saturated heterocycles. The molecule has 0 spiro atoms. The first-order valence-corrected chi connectivity index (χ1v) is 9.15. The SMILES string of the molecule is C[C@H]1C(=O)Nc2cnc(CCc3cnn(Cc4ccc(F)cc4)c3)nc2N1C. The van der Waals surface area contributed by atoms with Crippen LogP contribution in [-0.2, 0) is 24.2 Å². The average Bonchev–Trinajstić information content (AvgIpc) is 3.14. The average molecular weight is 380 g/mol. The molecule has 3 heterocycles. The molecule has 1 aliphatic heterocycles. The molecule has 3 aromatic rings. The van der Waals surface area contributed by atoms with Gasteiger partial charge in [-0.05, 0) is 36.6 Å². The summed E-state index contributed by atoms with van der Waals surface area (Å²) in [7, 11) is 1.86. The smallest absolute Gasteiger partial charge is 0.246 e. The standard InChI is InChI=1S/C20H21FN6O/c1-13-20(28)24-17-10-22-18(25-19(17)26(13)2)8-5-15-9-23-27(12-15)11-14-3-6-16(21)7-4-14/h3-4,6-7,9-10,12-13H,5,8,11H2,1-2H3,(H,24,28)/t13-/m0/s1. The summed E-state index contributed by atoms with van der Waals surface area (Å²) in [5, 5.41) is 7.20. The van der Waals surface area contributed by atoms with Gasteiger partial charge in [-0.2, -0.15) is 5.10 Å². The van der Waals surface area contributed by atoms with Gasteiger partial charge in [0.05, 0.1) is 18.9 Å². The molecule has 8 heteroatoms. The quantitative estimate of drug-likeness (QED) is 0.736. The summed E-state index contributed by atoms with van der Waals surface area (Å²) in [6.07, 6.45) is 6.90. The van der Waals surface area contributed by atoms with Crippen LogP contribution in [0.2, 0.25) is 0 Å². The van der Waals surface area contributed by atoms with Crippen LogP contribution in [0, 0.1) is 5.82 Å². The molecular formula is C20H21FN6O. The first kappa shape index (κ1) is 18.1. The number of hydrogen-bond acceptors (Lipinski definition) is 5. The Hall–Kier alpha value is -3.29. The van der Waals surface area contributed by atoms with E-state index in [2.05, 4.69) is 20.4 Å². The summed E-state index contributed by atoms with van der Waals surface area (Å²) in [6, 6.07) is 6.16. The third-order valence-electron chi connectivity index (χ3n) is 4.95. The third kappa shape index (κ3) is 3.71. The second kappa shape index (κ2) is 7.38. The number of aromatic nitrogens is 4. The van der Waals surface area contributed by atoms with Crippen LogP contribution in [0.5, 0.6) is 0 Å². The van der Waals surface area contributed by atoms with E-state index in [0.29, 0.717) is 18.7 Å². The highest BCUT2D eigenvalue weighted by molar-refractivity contribution is 6.02. The maximum Gasteiger partial charge on any atom is 0.246 e. The summed E-state index contributed by atoms with van der Waals surface area (Å²) in [4.78, 5) is 22.7. The lowest BCUT2D eigenvalue weighted by Gasteiger charge is -2.31. The molecule has 0 aliphatic carbocycles. The predicted molar refractivity (Wildman–Crippen MR) is 104 cm³/mol. The second-order valence-corrected chi connectivity index (χ2v) is 6.97. The van der Waals surface area contributed by atoms with Gasteiger partial charge in [-0.3, -0.25) is 9.48 Å². The van der Waals surface area contributed by atoms with Gasteiger partial charge in [-0.1, -0.05) is 12.1 Å². The minimum atomic E-state index is -0.264. The van der Waals surface area contributed by atoms with Gasteiger partial charge in [0.15, 0.2) is 5.82 Å². The number of carbonyl (C=O) groups is 1. The number of hydrogen-bond donors (Lipinski definition) is 1. The molecule has 1 atom stereocenters. The number of aryl methyl sites for hydroxylation is 2. The number of carbonyl (C=O) groups excluding carboxylic acids is 1. The van der Waals surface area contributed by atoms with Gasteiger partial charge in [0, 0.05) is 19.7 Å². The minimum absolute atomic E-state index is 0.0556. The van der Waals surface area contributed by atoms with E-state index in [1.807, 2.05) is 35.9 Å². The van der Waals surface area contributed by atoms with Crippen molar-refractivity contribution in [3.05, 3.63) is 65.6 Å². The Balaban J connectivity index is 1.41. The number of fused-ring (bicyclic) bond motifs is 1. The number of likely N-dealkylation sites (N-methyl/N-ethyl adjacent to an activating group) is 1. The Morgan fingerprint density at radius 2 is 1.93 bits per heavy atom. The van der Waals surface area contributed by atoms with E-state index in [-0.39, 0.29) is 17.8 Å². The van der Waals surface area contributed by atoms with Gasteiger partial charge in [0.25, 0.3) is 0 Å². The molecule has 4 rings (SSSR count). The Bertz CT molecular complexity index is 1000. The first-order valence-electron chi connectivity index (χ1n) is 9.15. The predicted octanol–water partition coefficient (Wildman–Crippen LogP) is 2.42. The van der Waals surface area contributed by atoms with Crippen LogP contribution in [-0.4, -0.2) is 38.7 Å². The molecule has 1 aromatic carbocycles. The van der Waals surface area contributed by atoms with Crippen molar-refractivity contribution in [2.45, 2.75) is 32.4 Å². The third-order valence-corrected chi connectivity index (χ3v) is 4.95. The van der Waals surface area contributed by atoms with Gasteiger partial charge < -0.3 is 10.2 Å². The normalized spacial score (nSPS) is 16.0. The summed E-state index contributed by atoms with van der Waals surface area (Å²) in [6.45, 7) is 2.44. The van der Waals surface area contributed by atoms with Gasteiger partial charge >= 0.3 is 0 Å². The van der Waals surface area contributed by atoms with E-state index in [1.165, 1.54) is 12.1 Å². The maximum atomic E-state index is 13.0. The zero-order valence-electron chi connectivity index (χ0n) is 15.8. The van der Waals surface area contributed by atoms with Crippen molar-refractivity contribution in [3.8, 4) is 0 Å². The number of anilines is 2. The molecule has 7 nitrogen and oxygen atoms in total. The van der Waals surface area contributed by atoms with E-state index in [9.17, 15) is 9.18 Å². The summed E-state index contributed by atoms with van der Waals surface area (Å²) >= 11 is 0. The van der Waals surface area contributed by atoms with Gasteiger partial charge in [-0.15, -0.1) is 0 Å². The molecular weight excluding hydrogens is 359 g/mol. The van der Waals surface area contributed by atoms with Crippen LogP contribution in [0.1, 0.15) is 23.9 Å². The fourth-order valence-electron chi connectivity index (χ4n) is 3.14. The number of rotatable bonds is 5. The fraction of sp³-hybridized carbons (Fsp3) is 0.300. The zero-order chi connectivity index (χ0) is 19.7. The zero-order valence-corrected chi connectivity index (χ0v) is 15.8. The van der Waals surface area contributed by atoms with Crippen LogP contribution in [0.15, 0.2) is 42.9 Å². The molecule has 2 aromatic heterocycles. The van der Waals surface area contributed by atoms with Crippen LogP contribution in [0.3, 0.4) is 0 Å². The van der Waals surface area contributed by atoms with Crippen molar-refractivity contribution < 1.29 is 9.18 Å². The Labute approximate surface area is 162 Å². The summed E-state index contributed by atoms with van der Waals surface area (Å²) in [5.74, 6) is 1.17. The van der Waals surface area contributed by atoms with Crippen LogP contribution in [0.25, 0.3) is 0 Å². The topological polar surface area (TPSA) is 75.9 Å². The van der Waals surface area contributed by atoms with Crippen LogP contribution in [0.4, 0.5) is 15.9 Å². The fourth-order valence-corrected chi connectivity index (χ4v) is 3.14. The van der Waals surface area contributed by atoms with Gasteiger partial charge in [-0.25, -0.2) is 14.4 Å². The molecule has 28 heavy (non-hydrogen) atoms. The molecule has 0 unspecified atom stereocenters. The van der Waals surface area contributed by atoms with E-state index in [1.54, 1.807) is 18.3 Å². The number of amides is 1. The van der Waals surface area contributed by atoms with Gasteiger partial charge in [0.2, 0.25) is 5.91 Å². The highest BCUT2D eigenvalue weighted by atomic mass is 19.1.